The van der Waals surface area contributed by atoms with Crippen molar-refractivity contribution in [2.75, 3.05) is 0 Å². The molecule has 66 valence electrons. The predicted molar refractivity (Wildman–Crippen MR) is 42.6 cm³/mol. The number of primary amides is 1. The Morgan fingerprint density at radius 2 is 1.91 bits per heavy atom. The molecule has 0 rings (SSSR count). The lowest BCUT2D eigenvalue weighted by atomic mass is 9.88. The molecule has 0 spiro atoms. The van der Waals surface area contributed by atoms with E-state index in [1.807, 2.05) is 0 Å². The van der Waals surface area contributed by atoms with Crippen LogP contribution in [-0.2, 0) is 4.79 Å². The molecule has 0 aliphatic heterocycles. The fraction of sp³-hybridized carbons (Fsp3) is 0.857. The minimum Gasteiger partial charge on any atom is -0.390 e. The molecule has 0 aliphatic carbocycles. The van der Waals surface area contributed by atoms with E-state index in [-0.39, 0.29) is 5.92 Å². The summed E-state index contributed by atoms with van der Waals surface area (Å²) in [7, 11) is 0. The lowest BCUT2D eigenvalue weighted by Gasteiger charge is -2.29. The van der Waals surface area contributed by atoms with Crippen molar-refractivity contribution < 1.29 is 9.90 Å². The van der Waals surface area contributed by atoms with E-state index >= 15 is 0 Å². The van der Waals surface area contributed by atoms with Crippen molar-refractivity contribution in [3.63, 3.8) is 0 Å². The second-order valence-electron chi connectivity index (χ2n) is 3.34. The monoisotopic (exact) mass is 160 g/mol. The Morgan fingerprint density at radius 1 is 1.55 bits per heavy atom. The molecule has 2 atom stereocenters. The first-order valence-electron chi connectivity index (χ1n) is 3.57. The van der Waals surface area contributed by atoms with Crippen LogP contribution in [0.4, 0.5) is 0 Å². The molecule has 1 amide bonds. The van der Waals surface area contributed by atoms with Crippen molar-refractivity contribution >= 4 is 5.91 Å². The van der Waals surface area contributed by atoms with Gasteiger partial charge in [-0.1, -0.05) is 13.8 Å². The third-order valence-corrected chi connectivity index (χ3v) is 1.78. The number of rotatable bonds is 3. The fourth-order valence-electron chi connectivity index (χ4n) is 0.838. The molecule has 0 saturated carbocycles. The second-order valence-corrected chi connectivity index (χ2v) is 3.34. The SMILES string of the molecule is CC(C)C(O)C(C)(N)C(N)=O. The average molecular weight is 160 g/mol. The van der Waals surface area contributed by atoms with E-state index in [9.17, 15) is 9.90 Å². The smallest absolute Gasteiger partial charge is 0.239 e. The van der Waals surface area contributed by atoms with Crippen molar-refractivity contribution in [2.45, 2.75) is 32.4 Å². The number of hydrogen-bond donors (Lipinski definition) is 3. The van der Waals surface area contributed by atoms with Crippen LogP contribution in [0, 0.1) is 5.92 Å². The zero-order chi connectivity index (χ0) is 9.23. The van der Waals surface area contributed by atoms with Gasteiger partial charge in [-0.3, -0.25) is 4.79 Å². The number of carbonyl (C=O) groups is 1. The molecule has 0 fully saturated rings. The van der Waals surface area contributed by atoms with E-state index in [0.717, 1.165) is 0 Å². The quantitative estimate of drug-likeness (QED) is 0.505. The Hall–Kier alpha value is -0.610. The highest BCUT2D eigenvalue weighted by atomic mass is 16.3. The lowest BCUT2D eigenvalue weighted by molar-refractivity contribution is -0.127. The van der Waals surface area contributed by atoms with Gasteiger partial charge in [0.05, 0.1) is 6.10 Å². The number of aliphatic hydroxyl groups excluding tert-OH is 1. The summed E-state index contributed by atoms with van der Waals surface area (Å²) in [5.41, 5.74) is 9.14. The van der Waals surface area contributed by atoms with E-state index in [1.165, 1.54) is 6.92 Å². The summed E-state index contributed by atoms with van der Waals surface area (Å²) in [6.45, 7) is 4.98. The van der Waals surface area contributed by atoms with Crippen molar-refractivity contribution in [2.24, 2.45) is 17.4 Å². The van der Waals surface area contributed by atoms with E-state index in [1.54, 1.807) is 13.8 Å². The molecule has 0 aromatic rings. The molecule has 11 heavy (non-hydrogen) atoms. The summed E-state index contributed by atoms with van der Waals surface area (Å²) in [6.07, 6.45) is -0.889. The molecule has 0 aromatic heterocycles. The van der Waals surface area contributed by atoms with Gasteiger partial charge >= 0.3 is 0 Å². The first kappa shape index (κ1) is 10.4. The minimum atomic E-state index is -1.33. The standard InChI is InChI=1S/C7H16N2O2/c1-4(2)5(10)7(3,9)6(8)11/h4-5,10H,9H2,1-3H3,(H2,8,11). The topological polar surface area (TPSA) is 89.3 Å². The van der Waals surface area contributed by atoms with Gasteiger partial charge in [0, 0.05) is 0 Å². The van der Waals surface area contributed by atoms with Gasteiger partial charge < -0.3 is 16.6 Å². The van der Waals surface area contributed by atoms with Gasteiger partial charge in [0.15, 0.2) is 0 Å². The predicted octanol–water partition coefficient (Wildman–Crippen LogP) is -0.794. The molecule has 2 unspecified atom stereocenters. The Morgan fingerprint density at radius 3 is 2.00 bits per heavy atom. The third kappa shape index (κ3) is 2.17. The van der Waals surface area contributed by atoms with Crippen molar-refractivity contribution in [3.8, 4) is 0 Å². The number of aliphatic hydroxyl groups is 1. The molecule has 0 aromatic carbocycles. The molecule has 0 aliphatic rings. The molecule has 0 saturated heterocycles. The second kappa shape index (κ2) is 3.19. The van der Waals surface area contributed by atoms with Gasteiger partial charge in [-0.15, -0.1) is 0 Å². The fourth-order valence-corrected chi connectivity index (χ4v) is 0.838. The average Bonchev–Trinajstić information content (AvgIpc) is 1.85. The largest absolute Gasteiger partial charge is 0.390 e. The highest BCUT2D eigenvalue weighted by Gasteiger charge is 2.36. The van der Waals surface area contributed by atoms with Crippen LogP contribution in [0.15, 0.2) is 0 Å². The van der Waals surface area contributed by atoms with Crippen LogP contribution < -0.4 is 11.5 Å². The summed E-state index contributed by atoms with van der Waals surface area (Å²) < 4.78 is 0. The van der Waals surface area contributed by atoms with Crippen LogP contribution in [0.3, 0.4) is 0 Å². The van der Waals surface area contributed by atoms with Crippen LogP contribution in [0.2, 0.25) is 0 Å². The highest BCUT2D eigenvalue weighted by Crippen LogP contribution is 2.13. The van der Waals surface area contributed by atoms with Gasteiger partial charge in [-0.2, -0.15) is 0 Å². The minimum absolute atomic E-state index is 0.0718. The molecular formula is C7H16N2O2. The normalized spacial score (nSPS) is 19.5. The zero-order valence-corrected chi connectivity index (χ0v) is 7.16. The maximum absolute atomic E-state index is 10.7. The van der Waals surface area contributed by atoms with Crippen LogP contribution in [0.5, 0.6) is 0 Å². The van der Waals surface area contributed by atoms with Gasteiger partial charge in [0.1, 0.15) is 5.54 Å². The number of amides is 1. The van der Waals surface area contributed by atoms with Crippen LogP contribution in [0.1, 0.15) is 20.8 Å². The number of nitrogens with two attached hydrogens (primary N) is 2. The Bertz CT molecular complexity index is 155. The third-order valence-electron chi connectivity index (χ3n) is 1.78. The summed E-state index contributed by atoms with van der Waals surface area (Å²) in [4.78, 5) is 10.7. The molecular weight excluding hydrogens is 144 g/mol. The van der Waals surface area contributed by atoms with Crippen molar-refractivity contribution in [3.05, 3.63) is 0 Å². The highest BCUT2D eigenvalue weighted by molar-refractivity contribution is 5.84. The summed E-state index contributed by atoms with van der Waals surface area (Å²) in [6, 6.07) is 0. The first-order valence-corrected chi connectivity index (χ1v) is 3.57. The summed E-state index contributed by atoms with van der Waals surface area (Å²) in [5, 5.41) is 9.40. The van der Waals surface area contributed by atoms with Gasteiger partial charge in [0.25, 0.3) is 0 Å². The van der Waals surface area contributed by atoms with Crippen LogP contribution >= 0.6 is 0 Å². The molecule has 0 bridgehead atoms. The van der Waals surface area contributed by atoms with Crippen molar-refractivity contribution in [1.29, 1.82) is 0 Å². The molecule has 0 heterocycles. The van der Waals surface area contributed by atoms with E-state index < -0.39 is 17.6 Å². The van der Waals surface area contributed by atoms with Crippen LogP contribution in [-0.4, -0.2) is 22.7 Å². The molecule has 4 heteroatoms. The maximum atomic E-state index is 10.7. The molecule has 0 radical (unpaired) electrons. The molecule has 5 N–H and O–H groups in total. The molecule has 4 nitrogen and oxygen atoms in total. The van der Waals surface area contributed by atoms with E-state index in [4.69, 9.17) is 11.5 Å². The van der Waals surface area contributed by atoms with Gasteiger partial charge in [-0.25, -0.2) is 0 Å². The van der Waals surface area contributed by atoms with Crippen LogP contribution in [0.25, 0.3) is 0 Å². The Kier molecular flexibility index (Phi) is 3.02. The maximum Gasteiger partial charge on any atom is 0.239 e. The first-order chi connectivity index (χ1) is 4.80. The Balaban J connectivity index is 4.42. The number of hydrogen-bond acceptors (Lipinski definition) is 3. The van der Waals surface area contributed by atoms with Gasteiger partial charge in [-0.05, 0) is 12.8 Å². The lowest BCUT2D eigenvalue weighted by Crippen LogP contribution is -2.59. The zero-order valence-electron chi connectivity index (χ0n) is 7.16. The summed E-state index contributed by atoms with van der Waals surface area (Å²) >= 11 is 0. The Labute approximate surface area is 66.6 Å². The van der Waals surface area contributed by atoms with Crippen molar-refractivity contribution in [1.82, 2.24) is 0 Å². The van der Waals surface area contributed by atoms with E-state index in [0.29, 0.717) is 0 Å². The van der Waals surface area contributed by atoms with E-state index in [2.05, 4.69) is 0 Å². The van der Waals surface area contributed by atoms with Gasteiger partial charge in [0.2, 0.25) is 5.91 Å². The summed E-state index contributed by atoms with van der Waals surface area (Å²) in [5.74, 6) is -0.754. The number of carbonyl (C=O) groups excluding carboxylic acids is 1.